The monoisotopic (exact) mass is 291 g/mol. The number of likely N-dealkylation sites (tertiary alicyclic amines) is 1. The van der Waals surface area contributed by atoms with E-state index < -0.39 is 0 Å². The van der Waals surface area contributed by atoms with E-state index in [1.807, 2.05) is 25.8 Å². The molecule has 6 heteroatoms. The number of carbonyl (C=O) groups is 2. The van der Waals surface area contributed by atoms with Crippen molar-refractivity contribution in [3.63, 3.8) is 0 Å². The molecule has 1 aliphatic heterocycles. The summed E-state index contributed by atoms with van der Waals surface area (Å²) < 4.78 is 0. The van der Waals surface area contributed by atoms with Gasteiger partial charge in [-0.2, -0.15) is 0 Å². The van der Waals surface area contributed by atoms with Crippen molar-refractivity contribution >= 4 is 24.2 Å². The first kappa shape index (κ1) is 18.2. The van der Waals surface area contributed by atoms with Crippen LogP contribution in [0.3, 0.4) is 0 Å². The summed E-state index contributed by atoms with van der Waals surface area (Å²) in [4.78, 5) is 27.9. The zero-order chi connectivity index (χ0) is 13.5. The molecule has 1 fully saturated rings. The Hall–Kier alpha value is -0.810. The van der Waals surface area contributed by atoms with Crippen molar-refractivity contribution in [2.24, 2.45) is 0 Å². The highest BCUT2D eigenvalue weighted by atomic mass is 35.5. The Kier molecular flexibility index (Phi) is 8.76. The summed E-state index contributed by atoms with van der Waals surface area (Å²) in [5.74, 6) is 0.197. The van der Waals surface area contributed by atoms with E-state index in [9.17, 15) is 9.59 Å². The first-order valence-electron chi connectivity index (χ1n) is 6.88. The van der Waals surface area contributed by atoms with Gasteiger partial charge in [-0.1, -0.05) is 0 Å². The molecule has 0 aromatic rings. The van der Waals surface area contributed by atoms with E-state index in [-0.39, 0.29) is 30.3 Å². The number of likely N-dealkylation sites (N-methyl/N-ethyl adjacent to an activating group) is 1. The molecule has 0 spiro atoms. The number of rotatable bonds is 6. The molecule has 0 aliphatic carbocycles. The molecule has 1 aliphatic rings. The second kappa shape index (κ2) is 9.15. The van der Waals surface area contributed by atoms with Gasteiger partial charge in [0.25, 0.3) is 0 Å². The van der Waals surface area contributed by atoms with Crippen LogP contribution < -0.4 is 5.32 Å². The summed E-state index contributed by atoms with van der Waals surface area (Å²) in [6.45, 7) is 6.77. The van der Waals surface area contributed by atoms with Gasteiger partial charge in [-0.15, -0.1) is 12.4 Å². The zero-order valence-corrected chi connectivity index (χ0v) is 13.0. The van der Waals surface area contributed by atoms with Crippen LogP contribution in [0.4, 0.5) is 0 Å². The van der Waals surface area contributed by atoms with Gasteiger partial charge in [0.15, 0.2) is 0 Å². The average Bonchev–Trinajstić information content (AvgIpc) is 2.86. The summed E-state index contributed by atoms with van der Waals surface area (Å²) in [5, 5.41) is 2.97. The fourth-order valence-electron chi connectivity index (χ4n) is 2.44. The second-order valence-electron chi connectivity index (χ2n) is 4.61. The van der Waals surface area contributed by atoms with Crippen LogP contribution in [0.15, 0.2) is 0 Å². The lowest BCUT2D eigenvalue weighted by atomic mass is 10.2. The fourth-order valence-corrected chi connectivity index (χ4v) is 2.44. The first-order chi connectivity index (χ1) is 8.65. The van der Waals surface area contributed by atoms with Gasteiger partial charge in [0.2, 0.25) is 11.8 Å². The van der Waals surface area contributed by atoms with Crippen molar-refractivity contribution in [2.45, 2.75) is 39.2 Å². The normalized spacial score (nSPS) is 18.1. The van der Waals surface area contributed by atoms with Gasteiger partial charge in [0.05, 0.1) is 0 Å². The summed E-state index contributed by atoms with van der Waals surface area (Å²) >= 11 is 0. The lowest BCUT2D eigenvalue weighted by Crippen LogP contribution is -2.48. The predicted molar refractivity (Wildman–Crippen MR) is 78.5 cm³/mol. The second-order valence-corrected chi connectivity index (χ2v) is 4.61. The molecule has 0 radical (unpaired) electrons. The standard InChI is InChI=1S/C13H25N3O2.ClH/c1-4-15(5-2)13(18)11-7-6-10-16(11)12(17)8-9-14-3;/h11,14H,4-10H2,1-3H3;1H. The van der Waals surface area contributed by atoms with Crippen LogP contribution >= 0.6 is 12.4 Å². The number of carbonyl (C=O) groups excluding carboxylic acids is 2. The largest absolute Gasteiger partial charge is 0.341 e. The van der Waals surface area contributed by atoms with E-state index in [1.54, 1.807) is 4.90 Å². The Bertz CT molecular complexity index is 296. The van der Waals surface area contributed by atoms with E-state index in [2.05, 4.69) is 5.32 Å². The number of hydrogen-bond acceptors (Lipinski definition) is 3. The Labute approximate surface area is 122 Å². The van der Waals surface area contributed by atoms with E-state index >= 15 is 0 Å². The summed E-state index contributed by atoms with van der Waals surface area (Å²) in [6.07, 6.45) is 2.21. The highest BCUT2D eigenvalue weighted by molar-refractivity contribution is 5.88. The lowest BCUT2D eigenvalue weighted by molar-refractivity contribution is -0.143. The van der Waals surface area contributed by atoms with Crippen LogP contribution in [0.2, 0.25) is 0 Å². The number of nitrogens with zero attached hydrogens (tertiary/aromatic N) is 2. The van der Waals surface area contributed by atoms with Crippen molar-refractivity contribution in [3.8, 4) is 0 Å². The predicted octanol–water partition coefficient (Wildman–Crippen LogP) is 0.877. The van der Waals surface area contributed by atoms with Gasteiger partial charge >= 0.3 is 0 Å². The smallest absolute Gasteiger partial charge is 0.245 e. The minimum absolute atomic E-state index is 0. The summed E-state index contributed by atoms with van der Waals surface area (Å²) in [5.41, 5.74) is 0. The molecule has 1 N–H and O–H groups in total. The molecule has 1 saturated heterocycles. The summed E-state index contributed by atoms with van der Waals surface area (Å²) in [7, 11) is 1.83. The molecule has 0 aromatic carbocycles. The third-order valence-corrected chi connectivity index (χ3v) is 3.52. The molecule has 1 rings (SSSR count). The zero-order valence-electron chi connectivity index (χ0n) is 12.1. The van der Waals surface area contributed by atoms with E-state index in [1.165, 1.54) is 0 Å². The Morgan fingerprint density at radius 1 is 1.32 bits per heavy atom. The molecule has 112 valence electrons. The number of hydrogen-bond donors (Lipinski definition) is 1. The molecule has 0 aromatic heterocycles. The molecule has 0 bridgehead atoms. The number of nitrogens with one attached hydrogen (secondary N) is 1. The van der Waals surface area contributed by atoms with Gasteiger partial charge in [0, 0.05) is 32.6 Å². The van der Waals surface area contributed by atoms with Crippen LogP contribution in [0.1, 0.15) is 33.1 Å². The number of halogens is 1. The van der Waals surface area contributed by atoms with Gasteiger partial charge < -0.3 is 15.1 Å². The number of amides is 2. The topological polar surface area (TPSA) is 52.7 Å². The summed E-state index contributed by atoms with van der Waals surface area (Å²) in [6, 6.07) is -0.228. The Morgan fingerprint density at radius 2 is 1.95 bits per heavy atom. The lowest BCUT2D eigenvalue weighted by Gasteiger charge is -2.29. The minimum atomic E-state index is -0.228. The first-order valence-corrected chi connectivity index (χ1v) is 6.88. The van der Waals surface area contributed by atoms with E-state index in [4.69, 9.17) is 0 Å². The maximum absolute atomic E-state index is 12.3. The van der Waals surface area contributed by atoms with Crippen LogP contribution in [-0.2, 0) is 9.59 Å². The Balaban J connectivity index is 0.00000324. The maximum Gasteiger partial charge on any atom is 0.245 e. The third kappa shape index (κ3) is 4.66. The van der Waals surface area contributed by atoms with Gasteiger partial charge in [-0.25, -0.2) is 0 Å². The maximum atomic E-state index is 12.3. The molecule has 2 amide bonds. The highest BCUT2D eigenvalue weighted by Gasteiger charge is 2.35. The van der Waals surface area contributed by atoms with Crippen LogP contribution in [0.5, 0.6) is 0 Å². The van der Waals surface area contributed by atoms with Crippen molar-refractivity contribution in [1.82, 2.24) is 15.1 Å². The van der Waals surface area contributed by atoms with Gasteiger partial charge in [-0.3, -0.25) is 9.59 Å². The molecule has 1 unspecified atom stereocenters. The van der Waals surface area contributed by atoms with E-state index in [0.29, 0.717) is 26.1 Å². The molecule has 1 heterocycles. The van der Waals surface area contributed by atoms with Crippen molar-refractivity contribution in [1.29, 1.82) is 0 Å². The van der Waals surface area contributed by atoms with Gasteiger partial charge in [-0.05, 0) is 33.7 Å². The molecule has 19 heavy (non-hydrogen) atoms. The van der Waals surface area contributed by atoms with E-state index in [0.717, 1.165) is 19.4 Å². The Morgan fingerprint density at radius 3 is 2.47 bits per heavy atom. The van der Waals surface area contributed by atoms with Gasteiger partial charge in [0.1, 0.15) is 6.04 Å². The molecule has 0 saturated carbocycles. The molecule has 5 nitrogen and oxygen atoms in total. The molecular weight excluding hydrogens is 266 g/mol. The quantitative estimate of drug-likeness (QED) is 0.790. The fraction of sp³-hybridized carbons (Fsp3) is 0.846. The van der Waals surface area contributed by atoms with Crippen molar-refractivity contribution in [3.05, 3.63) is 0 Å². The third-order valence-electron chi connectivity index (χ3n) is 3.52. The highest BCUT2D eigenvalue weighted by Crippen LogP contribution is 2.20. The van der Waals surface area contributed by atoms with Crippen LogP contribution in [0.25, 0.3) is 0 Å². The van der Waals surface area contributed by atoms with Crippen LogP contribution in [-0.4, -0.2) is 60.9 Å². The van der Waals surface area contributed by atoms with Crippen molar-refractivity contribution < 1.29 is 9.59 Å². The average molecular weight is 292 g/mol. The van der Waals surface area contributed by atoms with Crippen LogP contribution in [0, 0.1) is 0 Å². The van der Waals surface area contributed by atoms with Crippen molar-refractivity contribution in [2.75, 3.05) is 33.2 Å². The minimum Gasteiger partial charge on any atom is -0.341 e. The SMILES string of the molecule is CCN(CC)C(=O)C1CCCN1C(=O)CCNC.Cl. The molecule has 1 atom stereocenters. The molecular formula is C13H26ClN3O2.